The molecule has 0 atom stereocenters. The van der Waals surface area contributed by atoms with Crippen molar-refractivity contribution in [1.29, 1.82) is 0 Å². The molecule has 0 radical (unpaired) electrons. The van der Waals surface area contributed by atoms with E-state index < -0.39 is 0 Å². The fourth-order valence-electron chi connectivity index (χ4n) is 2.57. The summed E-state index contributed by atoms with van der Waals surface area (Å²) in [6.07, 6.45) is 8.17. The second-order valence-electron chi connectivity index (χ2n) is 5.22. The number of hydrogen-bond donors (Lipinski definition) is 0. The topological polar surface area (TPSA) is 3.24 Å². The van der Waals surface area contributed by atoms with Gasteiger partial charge >= 0.3 is 0 Å². The second-order valence-corrected chi connectivity index (χ2v) is 5.60. The number of alkyl halides is 1. The molecular weight excluding hydrogens is 206 g/mol. The average molecular weight is 232 g/mol. The molecule has 90 valence electrons. The first-order valence-corrected chi connectivity index (χ1v) is 7.07. The molecule has 0 bridgehead atoms. The maximum atomic E-state index is 5.73. The summed E-state index contributed by atoms with van der Waals surface area (Å²) in [6, 6.07) is 0.878. The van der Waals surface area contributed by atoms with E-state index in [9.17, 15) is 0 Å². The van der Waals surface area contributed by atoms with Crippen LogP contribution in [0.4, 0.5) is 0 Å². The Balaban J connectivity index is 2.30. The highest BCUT2D eigenvalue weighted by Gasteiger charge is 2.22. The average Bonchev–Trinajstić information content (AvgIpc) is 2.68. The molecule has 0 aromatic carbocycles. The lowest BCUT2D eigenvalue weighted by Crippen LogP contribution is -2.37. The van der Waals surface area contributed by atoms with Crippen molar-refractivity contribution in [3.63, 3.8) is 0 Å². The van der Waals surface area contributed by atoms with Crippen LogP contribution < -0.4 is 0 Å². The number of hydrogen-bond acceptors (Lipinski definition) is 1. The van der Waals surface area contributed by atoms with Gasteiger partial charge in [0.25, 0.3) is 0 Å². The first kappa shape index (κ1) is 13.3. The van der Waals surface area contributed by atoms with Crippen molar-refractivity contribution < 1.29 is 0 Å². The van der Waals surface area contributed by atoms with Crippen molar-refractivity contribution in [2.75, 3.05) is 19.0 Å². The molecule has 1 nitrogen and oxygen atoms in total. The third-order valence-electron chi connectivity index (χ3n) is 3.27. The summed E-state index contributed by atoms with van der Waals surface area (Å²) in [4.78, 5) is 2.71. The second kappa shape index (κ2) is 7.51. The van der Waals surface area contributed by atoms with Crippen molar-refractivity contribution in [3.05, 3.63) is 0 Å². The first-order chi connectivity index (χ1) is 7.24. The predicted octanol–water partition coefficient (Wildman–Crippen LogP) is 3.91. The summed E-state index contributed by atoms with van der Waals surface area (Å²) >= 11 is 5.73. The molecule has 0 N–H and O–H groups in total. The van der Waals surface area contributed by atoms with E-state index in [0.29, 0.717) is 0 Å². The van der Waals surface area contributed by atoms with Crippen LogP contribution in [0.15, 0.2) is 0 Å². The van der Waals surface area contributed by atoms with Crippen LogP contribution in [0.5, 0.6) is 0 Å². The summed E-state index contributed by atoms with van der Waals surface area (Å²) < 4.78 is 0. The molecule has 1 rings (SSSR count). The number of nitrogens with zero attached hydrogens (tertiary/aromatic N) is 1. The Labute approximate surface area is 100 Å². The third-order valence-corrected chi connectivity index (χ3v) is 3.54. The van der Waals surface area contributed by atoms with Gasteiger partial charge in [0.1, 0.15) is 0 Å². The highest BCUT2D eigenvalue weighted by molar-refractivity contribution is 6.17. The monoisotopic (exact) mass is 231 g/mol. The zero-order chi connectivity index (χ0) is 11.1. The van der Waals surface area contributed by atoms with Gasteiger partial charge in [-0.05, 0) is 38.1 Å². The molecule has 1 saturated carbocycles. The highest BCUT2D eigenvalue weighted by Crippen LogP contribution is 2.24. The summed E-state index contributed by atoms with van der Waals surface area (Å²) in [7, 11) is 0. The minimum absolute atomic E-state index is 0.793. The highest BCUT2D eigenvalue weighted by atomic mass is 35.5. The molecule has 0 spiro atoms. The normalized spacial score (nSPS) is 18.2. The molecule has 0 aromatic rings. The summed E-state index contributed by atoms with van der Waals surface area (Å²) in [6.45, 7) is 7.18. The van der Waals surface area contributed by atoms with Crippen molar-refractivity contribution in [1.82, 2.24) is 4.90 Å². The van der Waals surface area contributed by atoms with Gasteiger partial charge in [-0.3, -0.25) is 0 Å². The van der Waals surface area contributed by atoms with Gasteiger partial charge in [0, 0.05) is 18.5 Å². The van der Waals surface area contributed by atoms with Gasteiger partial charge in [-0.2, -0.15) is 0 Å². The maximum absolute atomic E-state index is 5.73. The lowest BCUT2D eigenvalue weighted by atomic mass is 10.1. The Bertz CT molecular complexity index is 153. The number of halogens is 1. The minimum atomic E-state index is 0.793. The van der Waals surface area contributed by atoms with Crippen LogP contribution in [0.3, 0.4) is 0 Å². The van der Waals surface area contributed by atoms with Gasteiger partial charge in [-0.25, -0.2) is 0 Å². The molecule has 0 aromatic heterocycles. The zero-order valence-electron chi connectivity index (χ0n) is 10.3. The van der Waals surface area contributed by atoms with Crippen LogP contribution in [0.2, 0.25) is 0 Å². The zero-order valence-corrected chi connectivity index (χ0v) is 11.1. The van der Waals surface area contributed by atoms with E-state index in [1.165, 1.54) is 51.6 Å². The molecule has 0 heterocycles. The van der Waals surface area contributed by atoms with Crippen LogP contribution >= 0.6 is 11.6 Å². The van der Waals surface area contributed by atoms with E-state index in [0.717, 1.165) is 17.8 Å². The fraction of sp³-hybridized carbons (Fsp3) is 1.00. The van der Waals surface area contributed by atoms with E-state index in [-0.39, 0.29) is 0 Å². The first-order valence-electron chi connectivity index (χ1n) is 6.54. The van der Waals surface area contributed by atoms with E-state index in [4.69, 9.17) is 11.6 Å². The molecule has 0 amide bonds. The van der Waals surface area contributed by atoms with Crippen LogP contribution in [0, 0.1) is 5.92 Å². The van der Waals surface area contributed by atoms with Crippen LogP contribution in [0.25, 0.3) is 0 Å². The van der Waals surface area contributed by atoms with Crippen LogP contribution in [-0.4, -0.2) is 29.9 Å². The van der Waals surface area contributed by atoms with Gasteiger partial charge in [-0.1, -0.05) is 26.7 Å². The van der Waals surface area contributed by atoms with E-state index in [1.54, 1.807) is 0 Å². The van der Waals surface area contributed by atoms with Crippen LogP contribution in [-0.2, 0) is 0 Å². The van der Waals surface area contributed by atoms with Gasteiger partial charge in [-0.15, -0.1) is 11.6 Å². The Hall–Kier alpha value is 0.250. The van der Waals surface area contributed by atoms with Crippen molar-refractivity contribution in [2.45, 2.75) is 58.4 Å². The van der Waals surface area contributed by atoms with E-state index >= 15 is 0 Å². The van der Waals surface area contributed by atoms with Crippen molar-refractivity contribution in [2.24, 2.45) is 5.92 Å². The van der Waals surface area contributed by atoms with Gasteiger partial charge in [0.15, 0.2) is 0 Å². The third kappa shape index (κ3) is 5.21. The number of rotatable bonds is 7. The molecule has 2 heteroatoms. The lowest BCUT2D eigenvalue weighted by molar-refractivity contribution is 0.175. The molecule has 1 aliphatic carbocycles. The quantitative estimate of drug-likeness (QED) is 0.475. The maximum Gasteiger partial charge on any atom is 0.0223 e. The van der Waals surface area contributed by atoms with E-state index in [1.807, 2.05) is 0 Å². The lowest BCUT2D eigenvalue weighted by Gasteiger charge is -2.30. The van der Waals surface area contributed by atoms with Crippen molar-refractivity contribution in [3.8, 4) is 0 Å². The van der Waals surface area contributed by atoms with Gasteiger partial charge < -0.3 is 4.90 Å². The summed E-state index contributed by atoms with van der Waals surface area (Å²) in [5.41, 5.74) is 0. The predicted molar refractivity (Wildman–Crippen MR) is 68.6 cm³/mol. The Morgan fingerprint density at radius 2 is 1.87 bits per heavy atom. The van der Waals surface area contributed by atoms with Crippen molar-refractivity contribution >= 4 is 11.6 Å². The molecule has 15 heavy (non-hydrogen) atoms. The Kier molecular flexibility index (Phi) is 6.67. The fourth-order valence-corrected chi connectivity index (χ4v) is 2.76. The number of unbranched alkanes of at least 4 members (excludes halogenated alkanes) is 1. The SMILES string of the molecule is CC(C)CN(CCCCCl)C1CCCC1. The molecule has 0 aliphatic heterocycles. The smallest absolute Gasteiger partial charge is 0.0223 e. The summed E-state index contributed by atoms with van der Waals surface area (Å²) in [5.74, 6) is 1.61. The Morgan fingerprint density at radius 1 is 1.20 bits per heavy atom. The molecule has 0 unspecified atom stereocenters. The standard InChI is InChI=1S/C13H26ClN/c1-12(2)11-15(10-6-5-9-14)13-7-3-4-8-13/h12-13H,3-11H2,1-2H3. The molecular formula is C13H26ClN. The van der Waals surface area contributed by atoms with Gasteiger partial charge in [0.2, 0.25) is 0 Å². The molecule has 1 aliphatic rings. The van der Waals surface area contributed by atoms with Gasteiger partial charge in [0.05, 0.1) is 0 Å². The molecule has 0 saturated heterocycles. The van der Waals surface area contributed by atoms with E-state index in [2.05, 4.69) is 18.7 Å². The van der Waals surface area contributed by atoms with Crippen LogP contribution in [0.1, 0.15) is 52.4 Å². The summed E-state index contributed by atoms with van der Waals surface area (Å²) in [5, 5.41) is 0. The largest absolute Gasteiger partial charge is 0.300 e. The Morgan fingerprint density at radius 3 is 2.40 bits per heavy atom. The minimum Gasteiger partial charge on any atom is -0.300 e. The molecule has 1 fully saturated rings.